The predicted octanol–water partition coefficient (Wildman–Crippen LogP) is 1.52. The van der Waals surface area contributed by atoms with E-state index in [2.05, 4.69) is 0 Å². The molecule has 0 aliphatic heterocycles. The Kier molecular flexibility index (Phi) is 4.88. The van der Waals surface area contributed by atoms with Crippen LogP contribution < -0.4 is 0 Å². The van der Waals surface area contributed by atoms with E-state index >= 15 is 0 Å². The highest BCUT2D eigenvalue weighted by atomic mass is 16.5. The standard InChI is InChI=1S/C7H12O2/c1-3-5-9-6-4-7(2)8/h4,6H,3,5H2,1-2H3/b6-4+. The first-order valence-corrected chi connectivity index (χ1v) is 3.06. The lowest BCUT2D eigenvalue weighted by Gasteiger charge is -1.92. The third-order valence-electron chi connectivity index (χ3n) is 0.721. The molecule has 0 aromatic rings. The molecule has 0 aliphatic rings. The summed E-state index contributed by atoms with van der Waals surface area (Å²) in [4.78, 5) is 10.2. The van der Waals surface area contributed by atoms with Gasteiger partial charge in [-0.25, -0.2) is 0 Å². The van der Waals surface area contributed by atoms with Gasteiger partial charge in [0.05, 0.1) is 12.9 Å². The van der Waals surface area contributed by atoms with Crippen LogP contribution in [-0.4, -0.2) is 12.4 Å². The number of rotatable bonds is 4. The van der Waals surface area contributed by atoms with Gasteiger partial charge in [0.15, 0.2) is 5.78 Å². The minimum absolute atomic E-state index is 0.0195. The van der Waals surface area contributed by atoms with Crippen LogP contribution in [0.1, 0.15) is 20.3 Å². The van der Waals surface area contributed by atoms with E-state index in [9.17, 15) is 4.79 Å². The van der Waals surface area contributed by atoms with Gasteiger partial charge in [-0.05, 0) is 13.3 Å². The van der Waals surface area contributed by atoms with Crippen molar-refractivity contribution in [1.82, 2.24) is 0 Å². The second-order valence-corrected chi connectivity index (χ2v) is 1.78. The van der Waals surface area contributed by atoms with Gasteiger partial charge < -0.3 is 4.74 Å². The van der Waals surface area contributed by atoms with Gasteiger partial charge in [-0.3, -0.25) is 4.79 Å². The molecule has 2 heteroatoms. The summed E-state index contributed by atoms with van der Waals surface area (Å²) in [5.74, 6) is 0.0195. The summed E-state index contributed by atoms with van der Waals surface area (Å²) in [5, 5.41) is 0. The lowest BCUT2D eigenvalue weighted by atomic mass is 10.4. The molecule has 0 saturated heterocycles. The Morgan fingerprint density at radius 1 is 1.67 bits per heavy atom. The van der Waals surface area contributed by atoms with Crippen LogP contribution in [0.3, 0.4) is 0 Å². The number of ether oxygens (including phenoxy) is 1. The maximum atomic E-state index is 10.2. The topological polar surface area (TPSA) is 26.3 Å². The van der Waals surface area contributed by atoms with Crippen LogP contribution >= 0.6 is 0 Å². The van der Waals surface area contributed by atoms with E-state index < -0.39 is 0 Å². The van der Waals surface area contributed by atoms with E-state index in [-0.39, 0.29) is 5.78 Å². The van der Waals surface area contributed by atoms with Crippen LogP contribution in [0.2, 0.25) is 0 Å². The molecule has 0 saturated carbocycles. The zero-order valence-electron chi connectivity index (χ0n) is 5.89. The summed E-state index contributed by atoms with van der Waals surface area (Å²) >= 11 is 0. The van der Waals surface area contributed by atoms with Crippen molar-refractivity contribution >= 4 is 5.78 Å². The molecule has 0 aromatic heterocycles. The molecule has 0 bridgehead atoms. The maximum Gasteiger partial charge on any atom is 0.155 e. The average molecular weight is 128 g/mol. The number of hydrogen-bond acceptors (Lipinski definition) is 2. The quantitative estimate of drug-likeness (QED) is 0.326. The fourth-order valence-corrected chi connectivity index (χ4v) is 0.330. The van der Waals surface area contributed by atoms with Gasteiger partial charge in [0.2, 0.25) is 0 Å². The van der Waals surface area contributed by atoms with Crippen LogP contribution in [0.15, 0.2) is 12.3 Å². The normalized spacial score (nSPS) is 10.0. The lowest BCUT2D eigenvalue weighted by molar-refractivity contribution is -0.112. The second-order valence-electron chi connectivity index (χ2n) is 1.78. The molecule has 0 amide bonds. The van der Waals surface area contributed by atoms with Crippen molar-refractivity contribution in [2.45, 2.75) is 20.3 Å². The first-order valence-electron chi connectivity index (χ1n) is 3.06. The van der Waals surface area contributed by atoms with Crippen LogP contribution in [-0.2, 0) is 9.53 Å². The van der Waals surface area contributed by atoms with Crippen LogP contribution in [0.25, 0.3) is 0 Å². The van der Waals surface area contributed by atoms with Crippen molar-refractivity contribution in [3.8, 4) is 0 Å². The van der Waals surface area contributed by atoms with Crippen molar-refractivity contribution in [1.29, 1.82) is 0 Å². The van der Waals surface area contributed by atoms with Gasteiger partial charge in [-0.15, -0.1) is 0 Å². The Balaban J connectivity index is 3.15. The number of carbonyl (C=O) groups excluding carboxylic acids is 1. The van der Waals surface area contributed by atoms with E-state index in [0.29, 0.717) is 6.61 Å². The monoisotopic (exact) mass is 128 g/mol. The largest absolute Gasteiger partial charge is 0.501 e. The molecule has 0 aromatic carbocycles. The second kappa shape index (κ2) is 5.35. The van der Waals surface area contributed by atoms with Gasteiger partial charge in [0.1, 0.15) is 0 Å². The number of ketones is 1. The highest BCUT2D eigenvalue weighted by Crippen LogP contribution is 1.81. The Labute approximate surface area is 55.5 Å². The Hall–Kier alpha value is -0.790. The lowest BCUT2D eigenvalue weighted by Crippen LogP contribution is -1.85. The highest BCUT2D eigenvalue weighted by molar-refractivity contribution is 5.86. The van der Waals surface area contributed by atoms with E-state index in [1.54, 1.807) is 0 Å². The third-order valence-corrected chi connectivity index (χ3v) is 0.721. The van der Waals surface area contributed by atoms with Gasteiger partial charge >= 0.3 is 0 Å². The van der Waals surface area contributed by atoms with Crippen molar-refractivity contribution in [2.75, 3.05) is 6.61 Å². The van der Waals surface area contributed by atoms with E-state index in [4.69, 9.17) is 4.74 Å². The first kappa shape index (κ1) is 8.21. The molecule has 0 aliphatic carbocycles. The van der Waals surface area contributed by atoms with Crippen molar-refractivity contribution in [2.24, 2.45) is 0 Å². The minimum Gasteiger partial charge on any atom is -0.501 e. The summed E-state index contributed by atoms with van der Waals surface area (Å²) in [6, 6.07) is 0. The Bertz CT molecular complexity index is 105. The average Bonchev–Trinajstić information content (AvgIpc) is 1.80. The minimum atomic E-state index is 0.0195. The Morgan fingerprint density at radius 3 is 2.78 bits per heavy atom. The smallest absolute Gasteiger partial charge is 0.155 e. The molecule has 0 unspecified atom stereocenters. The predicted molar refractivity (Wildman–Crippen MR) is 36.1 cm³/mol. The molecule has 52 valence electrons. The number of allylic oxidation sites excluding steroid dienone is 1. The van der Waals surface area contributed by atoms with Crippen molar-refractivity contribution in [3.05, 3.63) is 12.3 Å². The molecule has 9 heavy (non-hydrogen) atoms. The molecule has 0 radical (unpaired) electrons. The van der Waals surface area contributed by atoms with E-state index in [1.807, 2.05) is 6.92 Å². The molecule has 0 rings (SSSR count). The van der Waals surface area contributed by atoms with Gasteiger partial charge in [0.25, 0.3) is 0 Å². The molecule has 2 nitrogen and oxygen atoms in total. The first-order chi connectivity index (χ1) is 4.27. The molecular formula is C7H12O2. The molecular weight excluding hydrogens is 116 g/mol. The summed E-state index contributed by atoms with van der Waals surface area (Å²) in [7, 11) is 0. The van der Waals surface area contributed by atoms with Gasteiger partial charge in [-0.1, -0.05) is 6.92 Å². The maximum absolute atomic E-state index is 10.2. The zero-order chi connectivity index (χ0) is 7.11. The highest BCUT2D eigenvalue weighted by Gasteiger charge is 1.79. The third kappa shape index (κ3) is 7.21. The van der Waals surface area contributed by atoms with Crippen molar-refractivity contribution in [3.63, 3.8) is 0 Å². The molecule has 0 N–H and O–H groups in total. The summed E-state index contributed by atoms with van der Waals surface area (Å²) < 4.78 is 4.89. The fourth-order valence-electron chi connectivity index (χ4n) is 0.330. The summed E-state index contributed by atoms with van der Waals surface area (Å²) in [5.41, 5.74) is 0. The Morgan fingerprint density at radius 2 is 2.33 bits per heavy atom. The van der Waals surface area contributed by atoms with Gasteiger partial charge in [0, 0.05) is 6.08 Å². The molecule has 0 fully saturated rings. The van der Waals surface area contributed by atoms with Crippen molar-refractivity contribution < 1.29 is 9.53 Å². The summed E-state index contributed by atoms with van der Waals surface area (Å²) in [6.45, 7) is 4.19. The molecule has 0 spiro atoms. The molecule has 0 heterocycles. The zero-order valence-corrected chi connectivity index (χ0v) is 5.89. The van der Waals surface area contributed by atoms with E-state index in [1.165, 1.54) is 19.3 Å². The van der Waals surface area contributed by atoms with E-state index in [0.717, 1.165) is 6.42 Å². The molecule has 0 atom stereocenters. The van der Waals surface area contributed by atoms with Crippen LogP contribution in [0, 0.1) is 0 Å². The SMILES string of the molecule is CCCO/C=C/C(C)=O. The number of hydrogen-bond donors (Lipinski definition) is 0. The fraction of sp³-hybridized carbons (Fsp3) is 0.571. The summed E-state index contributed by atoms with van der Waals surface area (Å²) in [6.07, 6.45) is 3.82. The van der Waals surface area contributed by atoms with Crippen LogP contribution in [0.4, 0.5) is 0 Å². The van der Waals surface area contributed by atoms with Crippen LogP contribution in [0.5, 0.6) is 0 Å². The number of carbonyl (C=O) groups is 1. The van der Waals surface area contributed by atoms with Gasteiger partial charge in [-0.2, -0.15) is 0 Å².